The van der Waals surface area contributed by atoms with Crippen molar-refractivity contribution < 1.29 is 9.53 Å². The van der Waals surface area contributed by atoms with Crippen LogP contribution in [0.4, 0.5) is 0 Å². The van der Waals surface area contributed by atoms with E-state index in [1.165, 1.54) is 0 Å². The van der Waals surface area contributed by atoms with E-state index in [0.29, 0.717) is 0 Å². The van der Waals surface area contributed by atoms with Gasteiger partial charge in [0.15, 0.2) is 0 Å². The van der Waals surface area contributed by atoms with Crippen LogP contribution in [0.5, 0.6) is 0 Å². The first-order valence-corrected chi connectivity index (χ1v) is 6.41. The first kappa shape index (κ1) is 15.7. The zero-order chi connectivity index (χ0) is 12.3. The normalized spacial score (nSPS) is 23.9. The second-order valence-electron chi connectivity index (χ2n) is 5.50. The lowest BCUT2D eigenvalue weighted by atomic mass is 10.0. The molecule has 0 bridgehead atoms. The van der Waals surface area contributed by atoms with Gasteiger partial charge < -0.3 is 15.4 Å². The van der Waals surface area contributed by atoms with E-state index >= 15 is 0 Å². The molecule has 0 unspecified atom stereocenters. The molecule has 2 saturated heterocycles. The summed E-state index contributed by atoms with van der Waals surface area (Å²) >= 11 is 0. The average Bonchev–Trinajstić information content (AvgIpc) is 2.17. The van der Waals surface area contributed by atoms with Crippen LogP contribution in [0.3, 0.4) is 0 Å². The highest BCUT2D eigenvalue weighted by Gasteiger charge is 2.30. The Morgan fingerprint density at radius 3 is 2.78 bits per heavy atom. The number of morpholine rings is 1. The Labute approximate surface area is 115 Å². The first-order chi connectivity index (χ1) is 8.09. The van der Waals surface area contributed by atoms with Gasteiger partial charge in [0.2, 0.25) is 5.91 Å². The molecular weight excluding hydrogens is 254 g/mol. The van der Waals surface area contributed by atoms with Crippen molar-refractivity contribution in [2.75, 3.05) is 45.9 Å². The van der Waals surface area contributed by atoms with E-state index in [-0.39, 0.29) is 29.8 Å². The largest absolute Gasteiger partial charge is 0.378 e. The molecule has 0 spiro atoms. The van der Waals surface area contributed by atoms with Gasteiger partial charge in [0.05, 0.1) is 19.1 Å². The Bertz CT molecular complexity index is 282. The van der Waals surface area contributed by atoms with Crippen LogP contribution in [0.15, 0.2) is 0 Å². The molecule has 2 heterocycles. The predicted octanol–water partition coefficient (Wildman–Crippen LogP) is -0.145. The Hall–Kier alpha value is -0.360. The van der Waals surface area contributed by atoms with E-state index < -0.39 is 0 Å². The molecule has 2 aliphatic rings. The maximum Gasteiger partial charge on any atom is 0.225 e. The van der Waals surface area contributed by atoms with Gasteiger partial charge in [-0.3, -0.25) is 9.69 Å². The van der Waals surface area contributed by atoms with Gasteiger partial charge in [-0.1, -0.05) is 0 Å². The van der Waals surface area contributed by atoms with Crippen molar-refractivity contribution in [3.8, 4) is 0 Å². The SMILES string of the molecule is CC1(C)COCCN1CCNC(=O)C1CNC1.Cl. The van der Waals surface area contributed by atoms with Crippen molar-refractivity contribution in [2.45, 2.75) is 19.4 Å². The molecule has 106 valence electrons. The molecule has 2 rings (SSSR count). The van der Waals surface area contributed by atoms with Gasteiger partial charge in [-0.05, 0) is 13.8 Å². The van der Waals surface area contributed by atoms with E-state index in [1.54, 1.807) is 0 Å². The third-order valence-electron chi connectivity index (χ3n) is 3.65. The minimum Gasteiger partial charge on any atom is -0.378 e. The monoisotopic (exact) mass is 277 g/mol. The number of hydrogen-bond acceptors (Lipinski definition) is 4. The number of carbonyl (C=O) groups is 1. The van der Waals surface area contributed by atoms with E-state index in [1.807, 2.05) is 0 Å². The highest BCUT2D eigenvalue weighted by atomic mass is 35.5. The second-order valence-corrected chi connectivity index (χ2v) is 5.50. The summed E-state index contributed by atoms with van der Waals surface area (Å²) in [6.45, 7) is 10.2. The zero-order valence-corrected chi connectivity index (χ0v) is 12.0. The molecule has 0 aromatic rings. The number of amides is 1. The van der Waals surface area contributed by atoms with Crippen molar-refractivity contribution >= 4 is 18.3 Å². The van der Waals surface area contributed by atoms with Gasteiger partial charge in [0.1, 0.15) is 0 Å². The summed E-state index contributed by atoms with van der Waals surface area (Å²) in [5.41, 5.74) is 0.0843. The second kappa shape index (κ2) is 6.70. The molecule has 5 nitrogen and oxygen atoms in total. The molecule has 0 aliphatic carbocycles. The van der Waals surface area contributed by atoms with Crippen molar-refractivity contribution in [3.63, 3.8) is 0 Å². The van der Waals surface area contributed by atoms with Crippen LogP contribution in [-0.4, -0.2) is 62.3 Å². The van der Waals surface area contributed by atoms with Gasteiger partial charge in [0.25, 0.3) is 0 Å². The summed E-state index contributed by atoms with van der Waals surface area (Å²) < 4.78 is 5.47. The van der Waals surface area contributed by atoms with Gasteiger partial charge in [0, 0.05) is 38.3 Å². The van der Waals surface area contributed by atoms with Crippen LogP contribution in [0.25, 0.3) is 0 Å². The predicted molar refractivity (Wildman–Crippen MR) is 73.1 cm³/mol. The number of nitrogens with zero attached hydrogens (tertiary/aromatic N) is 1. The molecule has 18 heavy (non-hydrogen) atoms. The summed E-state index contributed by atoms with van der Waals surface area (Å²) in [7, 11) is 0. The molecule has 6 heteroatoms. The van der Waals surface area contributed by atoms with Crippen LogP contribution < -0.4 is 10.6 Å². The van der Waals surface area contributed by atoms with Crippen LogP contribution in [0.2, 0.25) is 0 Å². The van der Waals surface area contributed by atoms with Crippen LogP contribution >= 0.6 is 12.4 Å². The molecule has 0 atom stereocenters. The number of carbonyl (C=O) groups excluding carboxylic acids is 1. The van der Waals surface area contributed by atoms with E-state index in [4.69, 9.17) is 4.74 Å². The van der Waals surface area contributed by atoms with Gasteiger partial charge >= 0.3 is 0 Å². The summed E-state index contributed by atoms with van der Waals surface area (Å²) in [5.74, 6) is 0.377. The van der Waals surface area contributed by atoms with Crippen LogP contribution in [0, 0.1) is 5.92 Å². The summed E-state index contributed by atoms with van der Waals surface area (Å²) in [5, 5.41) is 6.12. The Kier molecular flexibility index (Phi) is 5.85. The molecule has 0 aromatic heterocycles. The third kappa shape index (κ3) is 3.82. The summed E-state index contributed by atoms with van der Waals surface area (Å²) in [6, 6.07) is 0. The van der Waals surface area contributed by atoms with Crippen molar-refractivity contribution in [1.29, 1.82) is 0 Å². The average molecular weight is 278 g/mol. The van der Waals surface area contributed by atoms with Gasteiger partial charge in [-0.15, -0.1) is 12.4 Å². The molecule has 2 aliphatic heterocycles. The Balaban J connectivity index is 0.00000162. The zero-order valence-electron chi connectivity index (χ0n) is 11.2. The highest BCUT2D eigenvalue weighted by molar-refractivity contribution is 5.85. The summed E-state index contributed by atoms with van der Waals surface area (Å²) in [4.78, 5) is 14.0. The topological polar surface area (TPSA) is 53.6 Å². The molecule has 1 amide bonds. The number of hydrogen-bond donors (Lipinski definition) is 2. The Morgan fingerprint density at radius 1 is 1.50 bits per heavy atom. The van der Waals surface area contributed by atoms with Crippen molar-refractivity contribution in [3.05, 3.63) is 0 Å². The van der Waals surface area contributed by atoms with Gasteiger partial charge in [-0.2, -0.15) is 0 Å². The number of nitrogens with one attached hydrogen (secondary N) is 2. The smallest absolute Gasteiger partial charge is 0.225 e. The minimum absolute atomic E-state index is 0. The maximum absolute atomic E-state index is 11.6. The Morgan fingerprint density at radius 2 is 2.22 bits per heavy atom. The highest BCUT2D eigenvalue weighted by Crippen LogP contribution is 2.17. The fraction of sp³-hybridized carbons (Fsp3) is 0.917. The van der Waals surface area contributed by atoms with E-state index in [9.17, 15) is 4.79 Å². The number of halogens is 1. The quantitative estimate of drug-likeness (QED) is 0.751. The van der Waals surface area contributed by atoms with Crippen molar-refractivity contribution in [2.24, 2.45) is 5.92 Å². The molecule has 0 aromatic carbocycles. The molecule has 0 saturated carbocycles. The lowest BCUT2D eigenvalue weighted by molar-refractivity contribution is -0.126. The first-order valence-electron chi connectivity index (χ1n) is 6.41. The van der Waals surface area contributed by atoms with Crippen molar-refractivity contribution in [1.82, 2.24) is 15.5 Å². The summed E-state index contributed by atoms with van der Waals surface area (Å²) in [6.07, 6.45) is 0. The lowest BCUT2D eigenvalue weighted by Crippen LogP contribution is -2.56. The maximum atomic E-state index is 11.6. The molecular formula is C12H24ClN3O2. The fourth-order valence-electron chi connectivity index (χ4n) is 2.24. The van der Waals surface area contributed by atoms with Crippen LogP contribution in [-0.2, 0) is 9.53 Å². The molecule has 0 radical (unpaired) electrons. The molecule has 2 N–H and O–H groups in total. The number of ether oxygens (including phenoxy) is 1. The standard InChI is InChI=1S/C12H23N3O2.ClH/c1-12(2)9-17-6-5-15(12)4-3-14-11(16)10-7-13-8-10;/h10,13H,3-9H2,1-2H3,(H,14,16);1H. The fourth-order valence-corrected chi connectivity index (χ4v) is 2.24. The number of rotatable bonds is 4. The molecule has 2 fully saturated rings. The lowest BCUT2D eigenvalue weighted by Gasteiger charge is -2.42. The minimum atomic E-state index is 0. The van der Waals surface area contributed by atoms with E-state index in [2.05, 4.69) is 29.4 Å². The third-order valence-corrected chi connectivity index (χ3v) is 3.65. The van der Waals surface area contributed by atoms with Gasteiger partial charge in [-0.25, -0.2) is 0 Å². The van der Waals surface area contributed by atoms with Crippen LogP contribution in [0.1, 0.15) is 13.8 Å². The van der Waals surface area contributed by atoms with E-state index in [0.717, 1.165) is 45.9 Å².